The van der Waals surface area contributed by atoms with Crippen LogP contribution in [0, 0.1) is 22.7 Å². The molecule has 0 bridgehead atoms. The molecule has 4 aliphatic carbocycles. The van der Waals surface area contributed by atoms with Crippen LogP contribution in [-0.4, -0.2) is 54.2 Å². The van der Waals surface area contributed by atoms with Gasteiger partial charge in [-0.05, 0) is 67.7 Å². The number of pyridine rings is 1. The van der Waals surface area contributed by atoms with Gasteiger partial charge in [0.25, 0.3) is 0 Å². The SMILES string of the molecule is C[C@]12CCC(=O)C=C1CC[C@@H]1C2=CC[C@]2(C)C(C(=O)CN3CCN(c4ccccn4)CC3)=CC[C@@H]12.Cl. The number of aromatic nitrogens is 1. The normalized spacial score (nSPS) is 33.9. The van der Waals surface area contributed by atoms with E-state index in [2.05, 4.69) is 46.8 Å². The lowest BCUT2D eigenvalue weighted by Crippen LogP contribution is -2.49. The van der Waals surface area contributed by atoms with Crippen molar-refractivity contribution in [2.45, 2.75) is 52.4 Å². The first-order valence-corrected chi connectivity index (χ1v) is 13.4. The number of fused-ring (bicyclic) bond motifs is 5. The number of piperazine rings is 1. The predicted molar refractivity (Wildman–Crippen MR) is 145 cm³/mol. The van der Waals surface area contributed by atoms with Crippen LogP contribution < -0.4 is 4.90 Å². The number of Topliss-reactive ketones (excluding diaryl/α,β-unsaturated/α-hetero) is 1. The summed E-state index contributed by atoms with van der Waals surface area (Å²) in [7, 11) is 0. The predicted octanol–water partition coefficient (Wildman–Crippen LogP) is 5.18. The molecule has 2 fully saturated rings. The van der Waals surface area contributed by atoms with Gasteiger partial charge in [0.2, 0.25) is 0 Å². The Morgan fingerprint density at radius 2 is 1.92 bits per heavy atom. The first kappa shape index (κ1) is 25.4. The molecule has 0 aromatic carbocycles. The number of carbonyl (C=O) groups is 2. The summed E-state index contributed by atoms with van der Waals surface area (Å²) in [6.07, 6.45) is 14.3. The summed E-state index contributed by atoms with van der Waals surface area (Å²) in [6.45, 7) is 8.85. The van der Waals surface area contributed by atoms with E-state index < -0.39 is 0 Å². The molecule has 5 nitrogen and oxygen atoms in total. The smallest absolute Gasteiger partial charge is 0.173 e. The van der Waals surface area contributed by atoms with E-state index >= 15 is 0 Å². The van der Waals surface area contributed by atoms with Crippen molar-refractivity contribution in [3.63, 3.8) is 0 Å². The van der Waals surface area contributed by atoms with Crippen molar-refractivity contribution in [1.29, 1.82) is 0 Å². The maximum Gasteiger partial charge on any atom is 0.173 e. The van der Waals surface area contributed by atoms with E-state index in [0.717, 1.165) is 69.7 Å². The Labute approximate surface area is 221 Å². The minimum atomic E-state index is -0.0525. The molecule has 5 aliphatic rings. The van der Waals surface area contributed by atoms with Crippen LogP contribution in [0.1, 0.15) is 52.4 Å². The Morgan fingerprint density at radius 1 is 1.11 bits per heavy atom. The third kappa shape index (κ3) is 4.09. The topological polar surface area (TPSA) is 53.5 Å². The molecule has 0 N–H and O–H groups in total. The molecular weight excluding hydrogens is 470 g/mol. The van der Waals surface area contributed by atoms with Gasteiger partial charge in [0.05, 0.1) is 6.54 Å². The zero-order chi connectivity index (χ0) is 24.2. The molecule has 1 saturated carbocycles. The molecule has 4 atom stereocenters. The summed E-state index contributed by atoms with van der Waals surface area (Å²) < 4.78 is 0. The van der Waals surface area contributed by atoms with Crippen molar-refractivity contribution >= 4 is 29.8 Å². The van der Waals surface area contributed by atoms with Gasteiger partial charge in [0.15, 0.2) is 11.6 Å². The van der Waals surface area contributed by atoms with Crippen molar-refractivity contribution in [2.24, 2.45) is 22.7 Å². The highest BCUT2D eigenvalue weighted by atomic mass is 35.5. The van der Waals surface area contributed by atoms with Crippen molar-refractivity contribution < 1.29 is 9.59 Å². The van der Waals surface area contributed by atoms with E-state index in [9.17, 15) is 9.59 Å². The molecule has 0 amide bonds. The first-order valence-electron chi connectivity index (χ1n) is 13.4. The fourth-order valence-corrected chi connectivity index (χ4v) is 7.83. The highest BCUT2D eigenvalue weighted by Gasteiger charge is 2.54. The molecule has 0 radical (unpaired) electrons. The molecule has 36 heavy (non-hydrogen) atoms. The van der Waals surface area contributed by atoms with Crippen LogP contribution in [0.2, 0.25) is 0 Å². The molecular formula is C30H38ClN3O2. The summed E-state index contributed by atoms with van der Waals surface area (Å²) in [5.41, 5.74) is 4.00. The van der Waals surface area contributed by atoms with Crippen LogP contribution >= 0.6 is 12.4 Å². The standard InChI is InChI=1S/C30H37N3O2.ClH/c1-29-12-10-22(34)19-21(29)6-7-23-24-8-9-26(30(24,2)13-11-25(23)29)27(35)20-32-15-17-33(18-16-32)28-5-3-4-14-31-28;/h3-5,9,11,14,19,23-24H,6-8,10,12-13,15-18,20H2,1-2H3;1H/t23-,24-,29-,30-;/m0./s1. The molecule has 2 heterocycles. The maximum absolute atomic E-state index is 13.6. The second-order valence-corrected chi connectivity index (χ2v) is 11.7. The third-order valence-electron chi connectivity index (χ3n) is 9.93. The van der Waals surface area contributed by atoms with E-state index in [1.165, 1.54) is 5.57 Å². The number of allylic oxidation sites excluding steroid dienone is 5. The largest absolute Gasteiger partial charge is 0.354 e. The second kappa shape index (κ2) is 9.57. The van der Waals surface area contributed by atoms with Crippen molar-refractivity contribution in [3.05, 3.63) is 59.3 Å². The van der Waals surface area contributed by atoms with Crippen LogP contribution in [-0.2, 0) is 9.59 Å². The second-order valence-electron chi connectivity index (χ2n) is 11.7. The third-order valence-corrected chi connectivity index (χ3v) is 9.93. The van der Waals surface area contributed by atoms with E-state index in [4.69, 9.17) is 0 Å². The number of hydrogen-bond acceptors (Lipinski definition) is 5. The lowest BCUT2D eigenvalue weighted by atomic mass is 9.51. The van der Waals surface area contributed by atoms with Crippen LogP contribution in [0.4, 0.5) is 5.82 Å². The van der Waals surface area contributed by atoms with Gasteiger partial charge in [-0.15, -0.1) is 12.4 Å². The summed E-state index contributed by atoms with van der Waals surface area (Å²) in [5, 5.41) is 0. The van der Waals surface area contributed by atoms with E-state index in [0.29, 0.717) is 36.4 Å². The van der Waals surface area contributed by atoms with E-state index in [1.807, 2.05) is 24.4 Å². The van der Waals surface area contributed by atoms with Crippen LogP contribution in [0.15, 0.2) is 59.3 Å². The Bertz CT molecular complexity index is 1130. The van der Waals surface area contributed by atoms with Gasteiger partial charge in [-0.1, -0.05) is 43.2 Å². The number of anilines is 1. The number of ketones is 2. The summed E-state index contributed by atoms with van der Waals surface area (Å²) in [5.74, 6) is 2.70. The molecule has 0 unspecified atom stereocenters. The van der Waals surface area contributed by atoms with Crippen molar-refractivity contribution in [1.82, 2.24) is 9.88 Å². The maximum atomic E-state index is 13.6. The van der Waals surface area contributed by atoms with Gasteiger partial charge in [-0.3, -0.25) is 14.5 Å². The highest BCUT2D eigenvalue weighted by molar-refractivity contribution is 5.99. The molecule has 1 aliphatic heterocycles. The zero-order valence-electron chi connectivity index (χ0n) is 21.5. The van der Waals surface area contributed by atoms with E-state index in [-0.39, 0.29) is 23.2 Å². The van der Waals surface area contributed by atoms with Crippen molar-refractivity contribution in [3.8, 4) is 0 Å². The Balaban J connectivity index is 0.00000267. The van der Waals surface area contributed by atoms with Gasteiger partial charge in [0.1, 0.15) is 5.82 Å². The fourth-order valence-electron chi connectivity index (χ4n) is 7.83. The Kier molecular flexibility index (Phi) is 6.76. The summed E-state index contributed by atoms with van der Waals surface area (Å²) in [6, 6.07) is 6.04. The lowest BCUT2D eigenvalue weighted by Gasteiger charge is -2.53. The van der Waals surface area contributed by atoms with Gasteiger partial charge in [-0.25, -0.2) is 4.98 Å². The first-order chi connectivity index (χ1) is 16.9. The lowest BCUT2D eigenvalue weighted by molar-refractivity contribution is -0.118. The van der Waals surface area contributed by atoms with Crippen molar-refractivity contribution in [2.75, 3.05) is 37.6 Å². The average molecular weight is 508 g/mol. The zero-order valence-corrected chi connectivity index (χ0v) is 22.4. The van der Waals surface area contributed by atoms with Crippen LogP contribution in [0.3, 0.4) is 0 Å². The molecule has 1 saturated heterocycles. The number of carbonyl (C=O) groups excluding carboxylic acids is 2. The number of rotatable bonds is 4. The summed E-state index contributed by atoms with van der Waals surface area (Å²) in [4.78, 5) is 34.8. The van der Waals surface area contributed by atoms with Gasteiger partial charge in [-0.2, -0.15) is 0 Å². The average Bonchev–Trinajstić information content (AvgIpc) is 3.23. The molecule has 6 heteroatoms. The van der Waals surface area contributed by atoms with Gasteiger partial charge < -0.3 is 4.90 Å². The number of nitrogens with zero attached hydrogens (tertiary/aromatic N) is 3. The minimum Gasteiger partial charge on any atom is -0.354 e. The van der Waals surface area contributed by atoms with Crippen LogP contribution in [0.25, 0.3) is 0 Å². The summed E-state index contributed by atoms with van der Waals surface area (Å²) >= 11 is 0. The number of hydrogen-bond donors (Lipinski definition) is 0. The minimum absolute atomic E-state index is 0. The monoisotopic (exact) mass is 507 g/mol. The Morgan fingerprint density at radius 3 is 2.67 bits per heavy atom. The molecule has 1 aromatic heterocycles. The molecule has 1 aromatic rings. The highest BCUT2D eigenvalue weighted by Crippen LogP contribution is 2.63. The fraction of sp³-hybridized carbons (Fsp3) is 0.567. The van der Waals surface area contributed by atoms with Crippen LogP contribution in [0.5, 0.6) is 0 Å². The van der Waals surface area contributed by atoms with E-state index in [1.54, 1.807) is 5.57 Å². The Hall–Kier alpha value is -2.24. The molecule has 6 rings (SSSR count). The number of halogens is 1. The van der Waals surface area contributed by atoms with Gasteiger partial charge in [0, 0.05) is 49.6 Å². The molecule has 192 valence electrons. The quantitative estimate of drug-likeness (QED) is 0.525. The van der Waals surface area contributed by atoms with Gasteiger partial charge >= 0.3 is 0 Å². The molecule has 0 spiro atoms.